The molecule has 0 radical (unpaired) electrons. The molecule has 27 heavy (non-hydrogen) atoms. The van der Waals surface area contributed by atoms with Gasteiger partial charge in [0.1, 0.15) is 0 Å². The zero-order chi connectivity index (χ0) is 19.2. The van der Waals surface area contributed by atoms with Gasteiger partial charge in [0, 0.05) is 12.6 Å². The van der Waals surface area contributed by atoms with Crippen LogP contribution >= 0.6 is 35.4 Å². The first-order chi connectivity index (χ1) is 13.0. The van der Waals surface area contributed by atoms with Crippen LogP contribution in [-0.4, -0.2) is 17.8 Å². The number of rotatable bonds is 4. The van der Waals surface area contributed by atoms with Crippen molar-refractivity contribution in [3.05, 3.63) is 63.6 Å². The van der Waals surface area contributed by atoms with Crippen molar-refractivity contribution in [1.29, 1.82) is 0 Å². The Morgan fingerprint density at radius 3 is 2.70 bits per heavy atom. The van der Waals surface area contributed by atoms with Crippen molar-refractivity contribution in [1.82, 2.24) is 16.2 Å². The number of hydrazine groups is 1. The molecule has 3 N–H and O–H groups in total. The number of ether oxygens (including phenoxy) is 2. The summed E-state index contributed by atoms with van der Waals surface area (Å²) in [5.74, 6) is 1.06. The van der Waals surface area contributed by atoms with Crippen molar-refractivity contribution in [3.8, 4) is 11.5 Å². The predicted octanol–water partition coefficient (Wildman–Crippen LogP) is 3.43. The molecule has 2 aromatic rings. The maximum absolute atomic E-state index is 11.8. The molecule has 0 saturated carbocycles. The van der Waals surface area contributed by atoms with Crippen LogP contribution in [0, 0.1) is 0 Å². The lowest BCUT2D eigenvalue weighted by molar-refractivity contribution is -0.116. The molecular weight excluding hydrogens is 409 g/mol. The fraction of sp³-hybridized carbons (Fsp3) is 0.111. The Balaban J connectivity index is 1.42. The summed E-state index contributed by atoms with van der Waals surface area (Å²) in [5, 5.41) is 4.15. The molecule has 1 aliphatic rings. The molecule has 6 nitrogen and oxygen atoms in total. The average Bonchev–Trinajstić information content (AvgIpc) is 3.13. The molecule has 1 heterocycles. The van der Waals surface area contributed by atoms with Crippen LogP contribution in [0.4, 0.5) is 0 Å². The van der Waals surface area contributed by atoms with Crippen LogP contribution in [0.5, 0.6) is 11.5 Å². The molecule has 140 valence electrons. The molecule has 1 aliphatic heterocycles. The maximum Gasteiger partial charge on any atom is 0.262 e. The van der Waals surface area contributed by atoms with Crippen molar-refractivity contribution in [2.45, 2.75) is 6.54 Å². The van der Waals surface area contributed by atoms with Crippen LogP contribution < -0.4 is 25.6 Å². The second-order valence-electron chi connectivity index (χ2n) is 5.49. The first kappa shape index (κ1) is 19.3. The Kier molecular flexibility index (Phi) is 6.39. The number of hydrogen-bond donors (Lipinski definition) is 3. The van der Waals surface area contributed by atoms with E-state index in [9.17, 15) is 4.79 Å². The summed E-state index contributed by atoms with van der Waals surface area (Å²) in [4.78, 5) is 11.8. The Morgan fingerprint density at radius 1 is 1.07 bits per heavy atom. The quantitative estimate of drug-likeness (QED) is 0.397. The van der Waals surface area contributed by atoms with Gasteiger partial charge in [-0.15, -0.1) is 0 Å². The van der Waals surface area contributed by atoms with E-state index in [1.165, 1.54) is 6.08 Å². The van der Waals surface area contributed by atoms with E-state index in [-0.39, 0.29) is 17.8 Å². The van der Waals surface area contributed by atoms with E-state index in [4.69, 9.17) is 44.9 Å². The highest BCUT2D eigenvalue weighted by Crippen LogP contribution is 2.32. The molecule has 0 bridgehead atoms. The lowest BCUT2D eigenvalue weighted by atomic mass is 10.2. The minimum atomic E-state index is -0.367. The van der Waals surface area contributed by atoms with E-state index in [0.29, 0.717) is 22.3 Å². The third kappa shape index (κ3) is 5.50. The van der Waals surface area contributed by atoms with E-state index in [1.807, 2.05) is 18.2 Å². The number of benzene rings is 2. The van der Waals surface area contributed by atoms with Crippen molar-refractivity contribution in [2.24, 2.45) is 0 Å². The smallest absolute Gasteiger partial charge is 0.262 e. The summed E-state index contributed by atoms with van der Waals surface area (Å²) in [5.41, 5.74) is 6.82. The predicted molar refractivity (Wildman–Crippen MR) is 109 cm³/mol. The van der Waals surface area contributed by atoms with Crippen molar-refractivity contribution >= 4 is 52.5 Å². The molecule has 0 spiro atoms. The van der Waals surface area contributed by atoms with Crippen LogP contribution in [0.1, 0.15) is 11.1 Å². The largest absolute Gasteiger partial charge is 0.454 e. The van der Waals surface area contributed by atoms with Gasteiger partial charge in [-0.1, -0.05) is 35.3 Å². The normalized spacial score (nSPS) is 12.1. The van der Waals surface area contributed by atoms with Crippen LogP contribution in [0.2, 0.25) is 10.0 Å². The summed E-state index contributed by atoms with van der Waals surface area (Å²) >= 11 is 16.9. The number of fused-ring (bicyclic) bond motifs is 1. The van der Waals surface area contributed by atoms with Crippen LogP contribution in [-0.2, 0) is 11.3 Å². The number of hydrogen-bond acceptors (Lipinski definition) is 4. The van der Waals surface area contributed by atoms with E-state index in [2.05, 4.69) is 16.2 Å². The number of carbonyl (C=O) groups is 1. The number of carbonyl (C=O) groups excluding carboxylic acids is 1. The second kappa shape index (κ2) is 8.94. The SMILES string of the molecule is O=C(C=Cc1ccc(Cl)c(Cl)c1)NNC(=S)NCc1ccc2c(c1)OCO2. The second-order valence-corrected chi connectivity index (χ2v) is 6.71. The number of thiocarbonyl (C=S) groups is 1. The molecule has 2 aromatic carbocycles. The molecule has 0 saturated heterocycles. The van der Waals surface area contributed by atoms with Gasteiger partial charge in [0.15, 0.2) is 16.6 Å². The zero-order valence-electron chi connectivity index (χ0n) is 13.9. The highest BCUT2D eigenvalue weighted by molar-refractivity contribution is 7.80. The standard InChI is InChI=1S/C18H15Cl2N3O3S/c19-13-4-1-11(7-14(13)20)3-6-17(24)22-23-18(27)21-9-12-2-5-15-16(8-12)26-10-25-15/h1-8H,9-10H2,(H,22,24)(H2,21,23,27). The topological polar surface area (TPSA) is 71.6 Å². The van der Waals surface area contributed by atoms with Gasteiger partial charge in [-0.25, -0.2) is 0 Å². The maximum atomic E-state index is 11.8. The molecule has 0 unspecified atom stereocenters. The van der Waals surface area contributed by atoms with Gasteiger partial charge in [0.2, 0.25) is 6.79 Å². The fourth-order valence-electron chi connectivity index (χ4n) is 2.23. The van der Waals surface area contributed by atoms with Gasteiger partial charge in [-0.3, -0.25) is 15.6 Å². The van der Waals surface area contributed by atoms with Crippen LogP contribution in [0.3, 0.4) is 0 Å². The van der Waals surface area contributed by atoms with Gasteiger partial charge in [0.25, 0.3) is 5.91 Å². The summed E-state index contributed by atoms with van der Waals surface area (Å²) < 4.78 is 10.6. The first-order valence-corrected chi connectivity index (χ1v) is 9.03. The van der Waals surface area contributed by atoms with Gasteiger partial charge in [-0.05, 0) is 53.7 Å². The van der Waals surface area contributed by atoms with E-state index in [0.717, 1.165) is 16.9 Å². The zero-order valence-corrected chi connectivity index (χ0v) is 16.3. The highest BCUT2D eigenvalue weighted by Gasteiger charge is 2.13. The van der Waals surface area contributed by atoms with E-state index in [1.54, 1.807) is 24.3 Å². The Hall–Kier alpha value is -2.48. The van der Waals surface area contributed by atoms with Crippen molar-refractivity contribution in [2.75, 3.05) is 6.79 Å². The molecule has 1 amide bonds. The summed E-state index contributed by atoms with van der Waals surface area (Å²) in [6.07, 6.45) is 2.97. The minimum absolute atomic E-state index is 0.230. The van der Waals surface area contributed by atoms with Gasteiger partial charge in [0.05, 0.1) is 10.0 Å². The first-order valence-electron chi connectivity index (χ1n) is 7.87. The van der Waals surface area contributed by atoms with Crippen LogP contribution in [0.15, 0.2) is 42.5 Å². The van der Waals surface area contributed by atoms with Gasteiger partial charge >= 0.3 is 0 Å². The molecule has 3 rings (SSSR count). The summed E-state index contributed by atoms with van der Waals surface area (Å²) in [6, 6.07) is 10.7. The Labute approximate surface area is 171 Å². The summed E-state index contributed by atoms with van der Waals surface area (Å²) in [6.45, 7) is 0.700. The van der Waals surface area contributed by atoms with E-state index >= 15 is 0 Å². The molecule has 0 aliphatic carbocycles. The summed E-state index contributed by atoms with van der Waals surface area (Å²) in [7, 11) is 0. The van der Waals surface area contributed by atoms with Crippen molar-refractivity contribution in [3.63, 3.8) is 0 Å². The molecule has 9 heteroatoms. The monoisotopic (exact) mass is 423 g/mol. The molecule has 0 aromatic heterocycles. The fourth-order valence-corrected chi connectivity index (χ4v) is 2.66. The third-order valence-corrected chi connectivity index (χ3v) is 4.55. The molecular formula is C18H15Cl2N3O3S. The number of amides is 1. The highest BCUT2D eigenvalue weighted by atomic mass is 35.5. The Bertz CT molecular complexity index is 905. The third-order valence-electron chi connectivity index (χ3n) is 3.56. The average molecular weight is 424 g/mol. The number of nitrogens with one attached hydrogen (secondary N) is 3. The Morgan fingerprint density at radius 2 is 1.89 bits per heavy atom. The lowest BCUT2D eigenvalue weighted by Crippen LogP contribution is -2.45. The van der Waals surface area contributed by atoms with E-state index < -0.39 is 0 Å². The molecule has 0 atom stereocenters. The van der Waals surface area contributed by atoms with Crippen molar-refractivity contribution < 1.29 is 14.3 Å². The minimum Gasteiger partial charge on any atom is -0.454 e. The lowest BCUT2D eigenvalue weighted by Gasteiger charge is -2.11. The van der Waals surface area contributed by atoms with Gasteiger partial charge in [-0.2, -0.15) is 0 Å². The van der Waals surface area contributed by atoms with Crippen LogP contribution in [0.25, 0.3) is 6.08 Å². The van der Waals surface area contributed by atoms with Gasteiger partial charge < -0.3 is 14.8 Å². The number of halogens is 2. The molecule has 0 fully saturated rings.